The topological polar surface area (TPSA) is 86.8 Å². The molecule has 2 amide bonds. The number of anilines is 1. The van der Waals surface area contributed by atoms with Gasteiger partial charge in [0.25, 0.3) is 10.0 Å². The van der Waals surface area contributed by atoms with Crippen LogP contribution in [0.15, 0.2) is 71.6 Å². The Morgan fingerprint density at radius 1 is 0.878 bits per heavy atom. The van der Waals surface area contributed by atoms with Crippen LogP contribution in [0.25, 0.3) is 0 Å². The fourth-order valence-corrected chi connectivity index (χ4v) is 6.06. The number of halogens is 1. The van der Waals surface area contributed by atoms with Crippen LogP contribution in [0.2, 0.25) is 0 Å². The first-order chi connectivity index (χ1) is 19.4. The molecule has 3 rings (SSSR count). The van der Waals surface area contributed by atoms with Gasteiger partial charge in [0.15, 0.2) is 0 Å². The van der Waals surface area contributed by atoms with Crippen molar-refractivity contribution in [3.05, 3.63) is 94.8 Å². The molecule has 0 fully saturated rings. The Morgan fingerprint density at radius 3 is 2.05 bits per heavy atom. The first-order valence-corrected chi connectivity index (χ1v) is 15.3. The molecule has 0 bridgehead atoms. The zero-order valence-electron chi connectivity index (χ0n) is 24.6. The second kappa shape index (κ2) is 13.8. The molecule has 3 aromatic rings. The average molecular weight is 582 g/mol. The van der Waals surface area contributed by atoms with Gasteiger partial charge < -0.3 is 10.2 Å². The van der Waals surface area contributed by atoms with Crippen molar-refractivity contribution in [2.75, 3.05) is 10.8 Å². The van der Waals surface area contributed by atoms with Crippen molar-refractivity contribution in [3.63, 3.8) is 0 Å². The molecule has 0 saturated heterocycles. The van der Waals surface area contributed by atoms with E-state index in [2.05, 4.69) is 5.32 Å². The minimum atomic E-state index is -4.15. The summed E-state index contributed by atoms with van der Waals surface area (Å²) in [7, 11) is -4.15. The van der Waals surface area contributed by atoms with Gasteiger partial charge in [-0.25, -0.2) is 12.8 Å². The van der Waals surface area contributed by atoms with Crippen molar-refractivity contribution in [2.45, 2.75) is 77.9 Å². The number of carbonyl (C=O) groups excluding carboxylic acids is 2. The van der Waals surface area contributed by atoms with Crippen LogP contribution in [0.1, 0.15) is 55.9 Å². The lowest BCUT2D eigenvalue weighted by atomic mass is 10.1. The zero-order valence-corrected chi connectivity index (χ0v) is 25.5. The summed E-state index contributed by atoms with van der Waals surface area (Å²) >= 11 is 0. The molecule has 2 atom stereocenters. The SMILES string of the molecule is CCC(C)NC(=O)C(CC)N(Cc1ccc(F)cc1)C(=O)CN(c1ccc(C)cc1C)S(=O)(=O)c1ccc(C)cc1. The molecule has 0 saturated carbocycles. The number of hydrogen-bond acceptors (Lipinski definition) is 4. The van der Waals surface area contributed by atoms with Gasteiger partial charge in [-0.3, -0.25) is 13.9 Å². The van der Waals surface area contributed by atoms with Crippen molar-refractivity contribution >= 4 is 27.5 Å². The van der Waals surface area contributed by atoms with E-state index in [0.717, 1.165) is 15.4 Å². The lowest BCUT2D eigenvalue weighted by Crippen LogP contribution is -2.53. The molecule has 3 aromatic carbocycles. The molecule has 41 heavy (non-hydrogen) atoms. The second-order valence-electron chi connectivity index (χ2n) is 10.5. The Hall–Kier alpha value is -3.72. The van der Waals surface area contributed by atoms with Crippen molar-refractivity contribution in [1.29, 1.82) is 0 Å². The summed E-state index contributed by atoms with van der Waals surface area (Å²) in [6.07, 6.45) is 1.02. The molecule has 0 aliphatic carbocycles. The van der Waals surface area contributed by atoms with Crippen molar-refractivity contribution < 1.29 is 22.4 Å². The number of rotatable bonds is 12. The lowest BCUT2D eigenvalue weighted by Gasteiger charge is -2.34. The fourth-order valence-electron chi connectivity index (χ4n) is 4.58. The Morgan fingerprint density at radius 2 is 1.49 bits per heavy atom. The summed E-state index contributed by atoms with van der Waals surface area (Å²) in [5.74, 6) is -1.29. The monoisotopic (exact) mass is 581 g/mol. The lowest BCUT2D eigenvalue weighted by molar-refractivity contribution is -0.140. The second-order valence-corrected chi connectivity index (χ2v) is 12.4. The summed E-state index contributed by atoms with van der Waals surface area (Å²) in [4.78, 5) is 28.9. The predicted octanol–water partition coefficient (Wildman–Crippen LogP) is 5.67. The summed E-state index contributed by atoms with van der Waals surface area (Å²) in [6, 6.07) is 16.6. The van der Waals surface area contributed by atoms with Crippen LogP contribution < -0.4 is 9.62 Å². The van der Waals surface area contributed by atoms with Gasteiger partial charge in [-0.15, -0.1) is 0 Å². The van der Waals surface area contributed by atoms with Crippen molar-refractivity contribution in [3.8, 4) is 0 Å². The third-order valence-corrected chi connectivity index (χ3v) is 8.94. The highest BCUT2D eigenvalue weighted by atomic mass is 32.2. The van der Waals surface area contributed by atoms with Gasteiger partial charge in [-0.05, 0) is 82.0 Å². The largest absolute Gasteiger partial charge is 0.352 e. The number of benzene rings is 3. The van der Waals surface area contributed by atoms with Crippen LogP contribution in [-0.4, -0.2) is 43.8 Å². The molecule has 0 aromatic heterocycles. The van der Waals surface area contributed by atoms with E-state index < -0.39 is 34.3 Å². The van der Waals surface area contributed by atoms with Crippen LogP contribution in [0.3, 0.4) is 0 Å². The number of nitrogens with zero attached hydrogens (tertiary/aromatic N) is 2. The highest BCUT2D eigenvalue weighted by molar-refractivity contribution is 7.92. The van der Waals surface area contributed by atoms with Gasteiger partial charge in [-0.1, -0.05) is 61.4 Å². The van der Waals surface area contributed by atoms with Gasteiger partial charge in [0.2, 0.25) is 11.8 Å². The van der Waals surface area contributed by atoms with Crippen LogP contribution >= 0.6 is 0 Å². The molecule has 0 aliphatic heterocycles. The van der Waals surface area contributed by atoms with Gasteiger partial charge >= 0.3 is 0 Å². The fraction of sp³-hybridized carbons (Fsp3) is 0.375. The van der Waals surface area contributed by atoms with E-state index in [0.29, 0.717) is 29.7 Å². The van der Waals surface area contributed by atoms with E-state index in [1.165, 1.54) is 29.2 Å². The Balaban J connectivity index is 2.09. The van der Waals surface area contributed by atoms with Crippen LogP contribution in [0, 0.1) is 26.6 Å². The van der Waals surface area contributed by atoms with E-state index in [1.807, 2.05) is 33.8 Å². The van der Waals surface area contributed by atoms with Crippen molar-refractivity contribution in [1.82, 2.24) is 10.2 Å². The maximum atomic E-state index is 14.1. The van der Waals surface area contributed by atoms with Crippen LogP contribution in [0.4, 0.5) is 10.1 Å². The third-order valence-electron chi connectivity index (χ3n) is 7.16. The maximum absolute atomic E-state index is 14.1. The minimum Gasteiger partial charge on any atom is -0.352 e. The number of sulfonamides is 1. The molecule has 0 spiro atoms. The van der Waals surface area contributed by atoms with Crippen LogP contribution in [0.5, 0.6) is 0 Å². The minimum absolute atomic E-state index is 0.0108. The molecule has 0 aliphatic rings. The molecule has 1 N–H and O–H groups in total. The molecule has 0 radical (unpaired) electrons. The number of hydrogen-bond donors (Lipinski definition) is 1. The van der Waals surface area contributed by atoms with E-state index in [9.17, 15) is 22.4 Å². The normalized spacial score (nSPS) is 12.9. The molecule has 220 valence electrons. The van der Waals surface area contributed by atoms with E-state index >= 15 is 0 Å². The number of nitrogens with one attached hydrogen (secondary N) is 1. The average Bonchev–Trinajstić information content (AvgIpc) is 2.93. The first kappa shape index (κ1) is 31.8. The van der Waals surface area contributed by atoms with E-state index in [-0.39, 0.29) is 23.4 Å². The molecule has 0 heterocycles. The summed E-state index contributed by atoms with van der Waals surface area (Å²) in [5.41, 5.74) is 3.55. The predicted molar refractivity (Wildman–Crippen MR) is 161 cm³/mol. The van der Waals surface area contributed by atoms with Gasteiger partial charge in [0, 0.05) is 12.6 Å². The maximum Gasteiger partial charge on any atom is 0.264 e. The Labute approximate surface area is 243 Å². The smallest absolute Gasteiger partial charge is 0.264 e. The number of aryl methyl sites for hydroxylation is 3. The van der Waals surface area contributed by atoms with E-state index in [4.69, 9.17) is 0 Å². The molecular weight excluding hydrogens is 541 g/mol. The van der Waals surface area contributed by atoms with Gasteiger partial charge in [0.05, 0.1) is 10.6 Å². The highest BCUT2D eigenvalue weighted by Gasteiger charge is 2.34. The Kier molecular flexibility index (Phi) is 10.7. The van der Waals surface area contributed by atoms with Gasteiger partial charge in [0.1, 0.15) is 18.4 Å². The standard InChI is InChI=1S/C32H40FN3O4S/c1-7-25(6)34-32(38)29(8-2)35(20-26-12-14-27(33)15-13-26)31(37)21-36(30-18-11-23(4)19-24(30)5)41(39,40)28-16-9-22(3)10-17-28/h9-19,25,29H,7-8,20-21H2,1-6H3,(H,34,38). The van der Waals surface area contributed by atoms with Crippen molar-refractivity contribution in [2.24, 2.45) is 0 Å². The van der Waals surface area contributed by atoms with E-state index in [1.54, 1.807) is 50.2 Å². The molecule has 2 unspecified atom stereocenters. The summed E-state index contributed by atoms with van der Waals surface area (Å²) < 4.78 is 42.8. The van der Waals surface area contributed by atoms with Crippen LogP contribution in [-0.2, 0) is 26.2 Å². The summed E-state index contributed by atoms with van der Waals surface area (Å²) in [5, 5.41) is 2.95. The zero-order chi connectivity index (χ0) is 30.3. The Bertz CT molecular complexity index is 1460. The number of amides is 2. The molecule has 7 nitrogen and oxygen atoms in total. The highest BCUT2D eigenvalue weighted by Crippen LogP contribution is 2.28. The summed E-state index contributed by atoms with van der Waals surface area (Å²) in [6.45, 7) is 10.7. The molecular formula is C32H40FN3O4S. The van der Waals surface area contributed by atoms with Gasteiger partial charge in [-0.2, -0.15) is 0 Å². The third kappa shape index (κ3) is 7.94. The molecule has 9 heteroatoms. The quantitative estimate of drug-likeness (QED) is 0.299. The first-order valence-electron chi connectivity index (χ1n) is 13.9. The number of carbonyl (C=O) groups is 2.